The predicted molar refractivity (Wildman–Crippen MR) is 71.5 cm³/mol. The number of carbonyl (C=O) groups is 1. The molecule has 3 N–H and O–H groups in total. The summed E-state index contributed by atoms with van der Waals surface area (Å²) in [5.41, 5.74) is -0.886. The van der Waals surface area contributed by atoms with Crippen LogP contribution in [0.1, 0.15) is 6.92 Å². The van der Waals surface area contributed by atoms with E-state index in [4.69, 9.17) is 0 Å². The quantitative estimate of drug-likeness (QED) is 0.531. The van der Waals surface area contributed by atoms with Gasteiger partial charge in [-0.05, 0) is 21.0 Å². The fourth-order valence-electron chi connectivity index (χ4n) is 2.15. The number of likely N-dealkylation sites (N-methyl/N-ethyl adjacent to an activating group) is 1. The molecule has 1 fully saturated rings. The van der Waals surface area contributed by atoms with Gasteiger partial charge in [0.2, 0.25) is 5.91 Å². The molecule has 0 bridgehead atoms. The average Bonchev–Trinajstić information content (AvgIpc) is 2.26. The summed E-state index contributed by atoms with van der Waals surface area (Å²) in [5.74, 6) is -0.0177. The number of nitrogens with zero attached hydrogens (tertiary/aromatic N) is 2. The van der Waals surface area contributed by atoms with E-state index < -0.39 is 5.60 Å². The SMILES string of the molecule is CN(C)CC(C)(O)CNC(=O)CN1CCNCC1. The first-order chi connectivity index (χ1) is 8.39. The molecule has 0 aromatic rings. The van der Waals surface area contributed by atoms with Gasteiger partial charge in [0, 0.05) is 39.3 Å². The molecule has 6 heteroatoms. The van der Waals surface area contributed by atoms with E-state index in [1.165, 1.54) is 0 Å². The molecule has 1 heterocycles. The van der Waals surface area contributed by atoms with E-state index >= 15 is 0 Å². The Kier molecular flexibility index (Phi) is 6.01. The molecular formula is C12H26N4O2. The molecule has 0 aromatic heterocycles. The maximum absolute atomic E-state index is 11.7. The summed E-state index contributed by atoms with van der Waals surface area (Å²) in [6.45, 7) is 6.65. The highest BCUT2D eigenvalue weighted by molar-refractivity contribution is 5.78. The van der Waals surface area contributed by atoms with Gasteiger partial charge in [-0.3, -0.25) is 9.69 Å². The molecule has 1 unspecified atom stereocenters. The molecule has 0 spiro atoms. The lowest BCUT2D eigenvalue weighted by molar-refractivity contribution is -0.123. The molecular weight excluding hydrogens is 232 g/mol. The summed E-state index contributed by atoms with van der Waals surface area (Å²) in [6, 6.07) is 0. The molecule has 1 amide bonds. The van der Waals surface area contributed by atoms with Gasteiger partial charge < -0.3 is 20.6 Å². The zero-order valence-corrected chi connectivity index (χ0v) is 11.7. The first kappa shape index (κ1) is 15.4. The maximum atomic E-state index is 11.7. The molecule has 1 aliphatic heterocycles. The normalized spacial score (nSPS) is 20.7. The van der Waals surface area contributed by atoms with E-state index in [1.54, 1.807) is 6.92 Å². The molecule has 1 saturated heterocycles. The van der Waals surface area contributed by atoms with Crippen LogP contribution in [0.15, 0.2) is 0 Å². The number of rotatable bonds is 6. The van der Waals surface area contributed by atoms with Gasteiger partial charge in [0.05, 0.1) is 12.1 Å². The van der Waals surface area contributed by atoms with Crippen LogP contribution >= 0.6 is 0 Å². The van der Waals surface area contributed by atoms with E-state index in [2.05, 4.69) is 15.5 Å². The van der Waals surface area contributed by atoms with E-state index in [0.717, 1.165) is 26.2 Å². The van der Waals surface area contributed by atoms with Gasteiger partial charge >= 0.3 is 0 Å². The second-order valence-corrected chi connectivity index (χ2v) is 5.54. The Balaban J connectivity index is 2.23. The third-order valence-corrected chi connectivity index (χ3v) is 2.90. The van der Waals surface area contributed by atoms with E-state index in [9.17, 15) is 9.90 Å². The molecule has 0 saturated carbocycles. The van der Waals surface area contributed by atoms with Crippen LogP contribution < -0.4 is 10.6 Å². The van der Waals surface area contributed by atoms with Crippen molar-refractivity contribution in [3.63, 3.8) is 0 Å². The Morgan fingerprint density at radius 2 is 2.06 bits per heavy atom. The third-order valence-electron chi connectivity index (χ3n) is 2.90. The molecule has 0 aromatic carbocycles. The molecule has 1 rings (SSSR count). The largest absolute Gasteiger partial charge is 0.387 e. The van der Waals surface area contributed by atoms with Crippen LogP contribution in [0.3, 0.4) is 0 Å². The van der Waals surface area contributed by atoms with Crippen LogP contribution in [-0.4, -0.2) is 86.3 Å². The monoisotopic (exact) mass is 258 g/mol. The topological polar surface area (TPSA) is 67.8 Å². The minimum atomic E-state index is -0.886. The Morgan fingerprint density at radius 1 is 1.44 bits per heavy atom. The number of piperazine rings is 1. The van der Waals surface area contributed by atoms with Crippen molar-refractivity contribution in [1.29, 1.82) is 0 Å². The van der Waals surface area contributed by atoms with Gasteiger partial charge in [0.1, 0.15) is 0 Å². The highest BCUT2D eigenvalue weighted by Gasteiger charge is 2.22. The van der Waals surface area contributed by atoms with E-state index in [1.807, 2.05) is 19.0 Å². The zero-order valence-electron chi connectivity index (χ0n) is 11.7. The summed E-state index contributed by atoms with van der Waals surface area (Å²) in [4.78, 5) is 15.8. The fraction of sp³-hybridized carbons (Fsp3) is 0.917. The molecule has 1 atom stereocenters. The summed E-state index contributed by atoms with van der Waals surface area (Å²) in [6.07, 6.45) is 0. The maximum Gasteiger partial charge on any atom is 0.234 e. The van der Waals surface area contributed by atoms with E-state index in [-0.39, 0.29) is 12.5 Å². The summed E-state index contributed by atoms with van der Waals surface area (Å²) < 4.78 is 0. The average molecular weight is 258 g/mol. The first-order valence-electron chi connectivity index (χ1n) is 6.46. The van der Waals surface area contributed by atoms with Crippen LogP contribution in [0.4, 0.5) is 0 Å². The van der Waals surface area contributed by atoms with Gasteiger partial charge in [-0.2, -0.15) is 0 Å². The van der Waals surface area contributed by atoms with Crippen molar-refractivity contribution in [3.8, 4) is 0 Å². The first-order valence-corrected chi connectivity index (χ1v) is 6.46. The smallest absolute Gasteiger partial charge is 0.234 e. The highest BCUT2D eigenvalue weighted by atomic mass is 16.3. The van der Waals surface area contributed by atoms with Crippen molar-refractivity contribution in [1.82, 2.24) is 20.4 Å². The fourth-order valence-corrected chi connectivity index (χ4v) is 2.15. The van der Waals surface area contributed by atoms with Crippen molar-refractivity contribution < 1.29 is 9.90 Å². The van der Waals surface area contributed by atoms with Crippen LogP contribution in [-0.2, 0) is 4.79 Å². The number of hydrogen-bond acceptors (Lipinski definition) is 5. The number of aliphatic hydroxyl groups is 1. The Bertz CT molecular complexity index is 263. The molecule has 18 heavy (non-hydrogen) atoms. The lowest BCUT2D eigenvalue weighted by Crippen LogP contribution is -2.51. The molecule has 0 radical (unpaired) electrons. The predicted octanol–water partition coefficient (Wildman–Crippen LogP) is -1.68. The van der Waals surface area contributed by atoms with Gasteiger partial charge in [-0.1, -0.05) is 0 Å². The third kappa shape index (κ3) is 6.30. The minimum Gasteiger partial charge on any atom is -0.387 e. The lowest BCUT2D eigenvalue weighted by atomic mass is 10.1. The Hall–Kier alpha value is -0.690. The second kappa shape index (κ2) is 7.04. The van der Waals surface area contributed by atoms with Gasteiger partial charge in [0.15, 0.2) is 0 Å². The molecule has 6 nitrogen and oxygen atoms in total. The highest BCUT2D eigenvalue weighted by Crippen LogP contribution is 2.02. The van der Waals surface area contributed by atoms with Crippen molar-refractivity contribution in [2.75, 3.05) is 59.9 Å². The number of carbonyl (C=O) groups excluding carboxylic acids is 1. The van der Waals surface area contributed by atoms with Crippen molar-refractivity contribution >= 4 is 5.91 Å². The van der Waals surface area contributed by atoms with Gasteiger partial charge in [-0.15, -0.1) is 0 Å². The number of nitrogens with one attached hydrogen (secondary N) is 2. The van der Waals surface area contributed by atoms with Crippen LogP contribution in [0.5, 0.6) is 0 Å². The summed E-state index contributed by atoms with van der Waals surface area (Å²) in [7, 11) is 3.80. The molecule has 106 valence electrons. The van der Waals surface area contributed by atoms with Crippen molar-refractivity contribution in [3.05, 3.63) is 0 Å². The van der Waals surface area contributed by atoms with Crippen molar-refractivity contribution in [2.45, 2.75) is 12.5 Å². The van der Waals surface area contributed by atoms with Gasteiger partial charge in [0.25, 0.3) is 0 Å². The lowest BCUT2D eigenvalue weighted by Gasteiger charge is -2.29. The minimum absolute atomic E-state index is 0.0177. The Morgan fingerprint density at radius 3 is 2.61 bits per heavy atom. The van der Waals surface area contributed by atoms with Crippen LogP contribution in [0.2, 0.25) is 0 Å². The van der Waals surface area contributed by atoms with Gasteiger partial charge in [-0.25, -0.2) is 0 Å². The molecule has 1 aliphatic rings. The van der Waals surface area contributed by atoms with Crippen LogP contribution in [0, 0.1) is 0 Å². The second-order valence-electron chi connectivity index (χ2n) is 5.54. The van der Waals surface area contributed by atoms with Crippen LogP contribution in [0.25, 0.3) is 0 Å². The van der Waals surface area contributed by atoms with Crippen molar-refractivity contribution in [2.24, 2.45) is 0 Å². The summed E-state index contributed by atoms with van der Waals surface area (Å²) >= 11 is 0. The van der Waals surface area contributed by atoms with E-state index in [0.29, 0.717) is 13.1 Å². The number of hydrogen-bond donors (Lipinski definition) is 3. The standard InChI is InChI=1S/C12H26N4O2/c1-12(18,10-15(2)3)9-14-11(17)8-16-6-4-13-5-7-16/h13,18H,4-10H2,1-3H3,(H,14,17). The summed E-state index contributed by atoms with van der Waals surface area (Å²) in [5, 5.41) is 16.1. The molecule has 0 aliphatic carbocycles. The number of amides is 1. The Labute approximate surface area is 109 Å². The zero-order chi connectivity index (χ0) is 13.6.